The summed E-state index contributed by atoms with van der Waals surface area (Å²) in [6, 6.07) is 12.7. The minimum Gasteiger partial charge on any atom is -0.170 e. The van der Waals surface area contributed by atoms with E-state index in [1.54, 1.807) is 0 Å². The molecule has 2 aromatic rings. The van der Waals surface area contributed by atoms with Crippen LogP contribution in [0.2, 0.25) is 0 Å². The molecule has 0 nitrogen and oxygen atoms in total. The number of benzene rings is 2. The highest BCUT2D eigenvalue weighted by atomic mass is 35.6. The van der Waals surface area contributed by atoms with Gasteiger partial charge in [-0.25, -0.2) is 0 Å². The highest BCUT2D eigenvalue weighted by molar-refractivity contribution is 7.03. The molecule has 72 valence electrons. The molecule has 2 rings (SSSR count). The zero-order valence-electron chi connectivity index (χ0n) is 7.63. The van der Waals surface area contributed by atoms with E-state index in [4.69, 9.17) is 22.2 Å². The summed E-state index contributed by atoms with van der Waals surface area (Å²) in [6.45, 7) is 0. The maximum Gasteiger partial charge on any atom is 0.156 e. The Bertz CT molecular complexity index is 414. The van der Waals surface area contributed by atoms with Gasteiger partial charge in [-0.1, -0.05) is 36.4 Å². The van der Waals surface area contributed by atoms with E-state index in [0.717, 1.165) is 0 Å². The summed E-state index contributed by atoms with van der Waals surface area (Å²) in [5.41, 5.74) is 0. The number of halogens is 2. The molecule has 0 amide bonds. The van der Waals surface area contributed by atoms with Crippen LogP contribution in [0.3, 0.4) is 0 Å². The van der Waals surface area contributed by atoms with E-state index in [0.29, 0.717) is 0 Å². The quantitative estimate of drug-likeness (QED) is 0.550. The van der Waals surface area contributed by atoms with Crippen LogP contribution in [0.4, 0.5) is 0 Å². The number of rotatable bonds is 2. The van der Waals surface area contributed by atoms with E-state index in [1.165, 1.54) is 21.1 Å². The van der Waals surface area contributed by atoms with Gasteiger partial charge in [0, 0.05) is 0 Å². The van der Waals surface area contributed by atoms with Gasteiger partial charge in [-0.15, -0.1) is 0 Å². The van der Waals surface area contributed by atoms with Gasteiger partial charge in [-0.05, 0) is 21.1 Å². The molecule has 0 unspecified atom stereocenters. The molecule has 0 saturated heterocycles. The lowest BCUT2D eigenvalue weighted by Crippen LogP contribution is -2.16. The molecular formula is C10H10Cl2Si2. The average Bonchev–Trinajstić information content (AvgIpc) is 2.27. The fourth-order valence-electron chi connectivity index (χ4n) is 1.67. The van der Waals surface area contributed by atoms with Crippen LogP contribution in [-0.2, 0) is 0 Å². The first-order chi connectivity index (χ1) is 6.86. The standard InChI is InChI=1S/C10H10Cl2Si2/c11-13-9-5-1-3-7-8(9)4-2-6-10(7)14-12/h1-6H,13-14H2. The Kier molecular flexibility index (Phi) is 3.28. The molecule has 14 heavy (non-hydrogen) atoms. The zero-order chi connectivity index (χ0) is 9.97. The largest absolute Gasteiger partial charge is 0.170 e. The van der Waals surface area contributed by atoms with Crippen LogP contribution in [0.1, 0.15) is 0 Å². The molecule has 0 saturated carbocycles. The Morgan fingerprint density at radius 2 is 1.14 bits per heavy atom. The van der Waals surface area contributed by atoms with E-state index >= 15 is 0 Å². The van der Waals surface area contributed by atoms with Gasteiger partial charge in [0.15, 0.2) is 17.7 Å². The Hall–Kier alpha value is -0.286. The van der Waals surface area contributed by atoms with Crippen molar-refractivity contribution >= 4 is 61.0 Å². The summed E-state index contributed by atoms with van der Waals surface area (Å²) < 4.78 is 0. The summed E-state index contributed by atoms with van der Waals surface area (Å²) in [5.74, 6) is 0. The second-order valence-corrected chi connectivity index (χ2v) is 6.86. The van der Waals surface area contributed by atoms with Crippen molar-refractivity contribution in [1.82, 2.24) is 0 Å². The van der Waals surface area contributed by atoms with Crippen LogP contribution in [0.15, 0.2) is 36.4 Å². The van der Waals surface area contributed by atoms with Crippen molar-refractivity contribution in [2.75, 3.05) is 0 Å². The molecule has 0 N–H and O–H groups in total. The van der Waals surface area contributed by atoms with Crippen molar-refractivity contribution in [1.29, 1.82) is 0 Å². The first-order valence-electron chi connectivity index (χ1n) is 4.48. The van der Waals surface area contributed by atoms with Crippen molar-refractivity contribution in [2.24, 2.45) is 0 Å². The summed E-state index contributed by atoms with van der Waals surface area (Å²) >= 11 is 12.0. The minimum absolute atomic E-state index is 0.610. The second kappa shape index (κ2) is 4.49. The van der Waals surface area contributed by atoms with Gasteiger partial charge in [-0.2, -0.15) is 22.2 Å². The van der Waals surface area contributed by atoms with E-state index in [-0.39, 0.29) is 0 Å². The molecule has 4 heteroatoms. The van der Waals surface area contributed by atoms with E-state index in [2.05, 4.69) is 36.4 Å². The van der Waals surface area contributed by atoms with Crippen LogP contribution in [0.5, 0.6) is 0 Å². The van der Waals surface area contributed by atoms with E-state index in [9.17, 15) is 0 Å². The second-order valence-electron chi connectivity index (χ2n) is 3.20. The fraction of sp³-hybridized carbons (Fsp3) is 0. The third-order valence-corrected chi connectivity index (χ3v) is 5.93. The van der Waals surface area contributed by atoms with Crippen molar-refractivity contribution < 1.29 is 0 Å². The predicted molar refractivity (Wildman–Crippen MR) is 72.0 cm³/mol. The van der Waals surface area contributed by atoms with Gasteiger partial charge in [-0.3, -0.25) is 0 Å². The maximum absolute atomic E-state index is 6.02. The summed E-state index contributed by atoms with van der Waals surface area (Å²) in [7, 11) is -1.22. The van der Waals surface area contributed by atoms with Crippen LogP contribution in [0, 0.1) is 0 Å². The average molecular weight is 257 g/mol. The molecule has 0 aliphatic rings. The Labute approximate surface area is 97.3 Å². The van der Waals surface area contributed by atoms with Gasteiger partial charge in [0.25, 0.3) is 0 Å². The van der Waals surface area contributed by atoms with Gasteiger partial charge < -0.3 is 0 Å². The molecule has 0 heterocycles. The molecular weight excluding hydrogens is 247 g/mol. The molecule has 0 fully saturated rings. The Morgan fingerprint density at radius 1 is 0.714 bits per heavy atom. The Balaban J connectivity index is 2.77. The van der Waals surface area contributed by atoms with Gasteiger partial charge in [0.1, 0.15) is 0 Å². The lowest BCUT2D eigenvalue weighted by Gasteiger charge is -2.06. The maximum atomic E-state index is 6.02. The number of hydrogen-bond donors (Lipinski definition) is 0. The minimum atomic E-state index is -0.610. The van der Waals surface area contributed by atoms with Gasteiger partial charge in [0.05, 0.1) is 0 Å². The molecule has 0 spiro atoms. The SMILES string of the molecule is Cl[SiH2]c1cccc2c([SiH2]Cl)cccc12. The first-order valence-corrected chi connectivity index (χ1v) is 10.2. The van der Waals surface area contributed by atoms with Crippen molar-refractivity contribution in [2.45, 2.75) is 0 Å². The van der Waals surface area contributed by atoms with Crippen LogP contribution in [0.25, 0.3) is 10.8 Å². The molecule has 0 aliphatic heterocycles. The van der Waals surface area contributed by atoms with Crippen molar-refractivity contribution in [3.05, 3.63) is 36.4 Å². The zero-order valence-corrected chi connectivity index (χ0v) is 12.0. The number of fused-ring (bicyclic) bond motifs is 1. The summed E-state index contributed by atoms with van der Waals surface area (Å²) in [6.07, 6.45) is 0. The third-order valence-electron chi connectivity index (χ3n) is 2.39. The van der Waals surface area contributed by atoms with Gasteiger partial charge in [0.2, 0.25) is 0 Å². The Morgan fingerprint density at radius 3 is 1.50 bits per heavy atom. The monoisotopic (exact) mass is 256 g/mol. The van der Waals surface area contributed by atoms with Crippen molar-refractivity contribution in [3.63, 3.8) is 0 Å². The molecule has 0 aromatic heterocycles. The highest BCUT2D eigenvalue weighted by Crippen LogP contribution is 2.09. The normalized spacial score (nSPS) is 12.4. The molecule has 2 aromatic carbocycles. The first kappa shape index (κ1) is 10.2. The van der Waals surface area contributed by atoms with Crippen molar-refractivity contribution in [3.8, 4) is 0 Å². The van der Waals surface area contributed by atoms with Gasteiger partial charge >= 0.3 is 0 Å². The molecule has 0 radical (unpaired) electrons. The topological polar surface area (TPSA) is 0 Å². The summed E-state index contributed by atoms with van der Waals surface area (Å²) in [5, 5.41) is 5.26. The lowest BCUT2D eigenvalue weighted by molar-refractivity contribution is 1.82. The van der Waals surface area contributed by atoms with E-state index < -0.39 is 17.7 Å². The molecule has 0 aliphatic carbocycles. The van der Waals surface area contributed by atoms with Crippen LogP contribution < -0.4 is 10.4 Å². The number of hydrogen-bond acceptors (Lipinski definition) is 0. The predicted octanol–water partition coefficient (Wildman–Crippen LogP) is 0.736. The fourth-order valence-corrected chi connectivity index (χ4v) is 4.43. The molecule has 0 atom stereocenters. The third kappa shape index (κ3) is 1.75. The highest BCUT2D eigenvalue weighted by Gasteiger charge is 2.03. The lowest BCUT2D eigenvalue weighted by atomic mass is 10.1. The van der Waals surface area contributed by atoms with Crippen LogP contribution >= 0.6 is 22.2 Å². The smallest absolute Gasteiger partial charge is 0.156 e. The van der Waals surface area contributed by atoms with E-state index in [1.807, 2.05) is 0 Å². The molecule has 0 bridgehead atoms. The summed E-state index contributed by atoms with van der Waals surface area (Å²) in [4.78, 5) is 0. The van der Waals surface area contributed by atoms with Crippen LogP contribution in [-0.4, -0.2) is 17.7 Å².